The summed E-state index contributed by atoms with van der Waals surface area (Å²) in [6.45, 7) is 2.44. The summed E-state index contributed by atoms with van der Waals surface area (Å²) in [6, 6.07) is 8.19. The van der Waals surface area contributed by atoms with Crippen molar-refractivity contribution >= 4 is 17.1 Å². The summed E-state index contributed by atoms with van der Waals surface area (Å²) in [4.78, 5) is 8.60. The molecule has 2 aromatic heterocycles. The largest absolute Gasteiger partial charge is 0.424 e. The van der Waals surface area contributed by atoms with Crippen LogP contribution in [-0.4, -0.2) is 27.8 Å². The van der Waals surface area contributed by atoms with E-state index in [4.69, 9.17) is 13.7 Å². The molecule has 3 aromatic rings. The van der Waals surface area contributed by atoms with Crippen LogP contribution < -0.4 is 5.32 Å². The van der Waals surface area contributed by atoms with Crippen molar-refractivity contribution in [3.63, 3.8) is 0 Å². The Hall–Kier alpha value is -2.41. The third-order valence-electron chi connectivity index (χ3n) is 3.70. The van der Waals surface area contributed by atoms with Gasteiger partial charge in [0.25, 0.3) is 11.9 Å². The van der Waals surface area contributed by atoms with Crippen LogP contribution >= 0.6 is 0 Å². The van der Waals surface area contributed by atoms with E-state index in [2.05, 4.69) is 20.4 Å². The van der Waals surface area contributed by atoms with Crippen LogP contribution in [0.3, 0.4) is 0 Å². The first-order valence-corrected chi connectivity index (χ1v) is 7.33. The van der Waals surface area contributed by atoms with E-state index in [1.165, 1.54) is 0 Å². The van der Waals surface area contributed by atoms with Crippen LogP contribution in [0.4, 0.5) is 6.01 Å². The number of aryl methyl sites for hydroxylation is 1. The van der Waals surface area contributed by atoms with Crippen LogP contribution in [0.25, 0.3) is 11.1 Å². The average molecular weight is 300 g/mol. The molecule has 0 spiro atoms. The maximum Gasteiger partial charge on any atom is 0.295 e. The number of ether oxygens (including phenoxy) is 1. The molecule has 1 fully saturated rings. The molecule has 0 bridgehead atoms. The van der Waals surface area contributed by atoms with Crippen LogP contribution in [-0.2, 0) is 4.74 Å². The minimum atomic E-state index is -0.114. The molecule has 0 unspecified atom stereocenters. The van der Waals surface area contributed by atoms with Gasteiger partial charge in [-0.05, 0) is 31.9 Å². The summed E-state index contributed by atoms with van der Waals surface area (Å²) in [5, 5.41) is 6.98. The second-order valence-corrected chi connectivity index (χ2v) is 5.37. The molecular weight excluding hydrogens is 284 g/mol. The molecule has 1 saturated heterocycles. The molecule has 0 radical (unpaired) electrons. The number of hydrogen-bond donors (Lipinski definition) is 1. The first-order valence-electron chi connectivity index (χ1n) is 7.33. The number of para-hydroxylation sites is 2. The Morgan fingerprint density at radius 2 is 2.14 bits per heavy atom. The van der Waals surface area contributed by atoms with Crippen molar-refractivity contribution in [1.82, 2.24) is 15.1 Å². The Balaban J connectivity index is 1.36. The van der Waals surface area contributed by atoms with Gasteiger partial charge in [-0.1, -0.05) is 17.3 Å². The Bertz CT molecular complexity index is 749. The fourth-order valence-corrected chi connectivity index (χ4v) is 2.63. The van der Waals surface area contributed by atoms with E-state index in [0.29, 0.717) is 24.3 Å². The summed E-state index contributed by atoms with van der Waals surface area (Å²) in [5.74, 6) is 1.19. The molecule has 0 aliphatic carbocycles. The number of anilines is 1. The van der Waals surface area contributed by atoms with Gasteiger partial charge in [-0.25, -0.2) is 0 Å². The Morgan fingerprint density at radius 3 is 2.95 bits per heavy atom. The molecule has 3 heterocycles. The van der Waals surface area contributed by atoms with Crippen LogP contribution in [0.2, 0.25) is 0 Å². The van der Waals surface area contributed by atoms with Gasteiger partial charge >= 0.3 is 0 Å². The number of rotatable bonds is 4. The van der Waals surface area contributed by atoms with Gasteiger partial charge in [-0.3, -0.25) is 0 Å². The Kier molecular flexibility index (Phi) is 3.27. The minimum Gasteiger partial charge on any atom is -0.424 e. The van der Waals surface area contributed by atoms with Crippen molar-refractivity contribution in [2.75, 3.05) is 11.9 Å². The van der Waals surface area contributed by atoms with Crippen molar-refractivity contribution in [2.24, 2.45) is 0 Å². The monoisotopic (exact) mass is 300 g/mol. The molecule has 0 amide bonds. The number of nitrogens with zero attached hydrogens (tertiary/aromatic N) is 3. The lowest BCUT2D eigenvalue weighted by molar-refractivity contribution is 0.0324. The van der Waals surface area contributed by atoms with Crippen LogP contribution in [0.15, 0.2) is 33.2 Å². The van der Waals surface area contributed by atoms with Gasteiger partial charge in [-0.15, -0.1) is 0 Å². The second kappa shape index (κ2) is 5.42. The lowest BCUT2D eigenvalue weighted by Crippen LogP contribution is -2.19. The van der Waals surface area contributed by atoms with E-state index in [1.807, 2.05) is 24.3 Å². The number of aromatic nitrogens is 3. The first-order chi connectivity index (χ1) is 10.8. The number of hydrogen-bond acceptors (Lipinski definition) is 7. The van der Waals surface area contributed by atoms with E-state index < -0.39 is 0 Å². The maximum atomic E-state index is 5.93. The van der Waals surface area contributed by atoms with Crippen LogP contribution in [0, 0.1) is 6.92 Å². The van der Waals surface area contributed by atoms with Crippen molar-refractivity contribution < 1.29 is 13.7 Å². The first kappa shape index (κ1) is 13.3. The molecule has 7 nitrogen and oxygen atoms in total. The van der Waals surface area contributed by atoms with Gasteiger partial charge in [0.2, 0.25) is 0 Å². The maximum absolute atomic E-state index is 5.93. The standard InChI is InChI=1S/C15H16N4O3/c1-9-17-14(22-19-9)13-7-6-10(20-13)8-16-15-18-11-4-2-3-5-12(11)21-15/h2-5,10,13H,6-8H2,1H3,(H,16,18)/t10-,13+/m1/s1. The molecular formula is C15H16N4O3. The number of nitrogens with one attached hydrogen (secondary N) is 1. The van der Waals surface area contributed by atoms with E-state index in [0.717, 1.165) is 23.9 Å². The molecule has 4 rings (SSSR count). The molecule has 2 atom stereocenters. The highest BCUT2D eigenvalue weighted by molar-refractivity contribution is 5.74. The second-order valence-electron chi connectivity index (χ2n) is 5.37. The topological polar surface area (TPSA) is 86.2 Å². The third kappa shape index (κ3) is 2.55. The Morgan fingerprint density at radius 1 is 1.23 bits per heavy atom. The van der Waals surface area contributed by atoms with Gasteiger partial charge in [0.05, 0.1) is 6.10 Å². The minimum absolute atomic E-state index is 0.0761. The molecule has 1 aliphatic heterocycles. The van der Waals surface area contributed by atoms with E-state index in [9.17, 15) is 0 Å². The number of fused-ring (bicyclic) bond motifs is 1. The summed E-state index contributed by atoms with van der Waals surface area (Å²) in [7, 11) is 0. The fourth-order valence-electron chi connectivity index (χ4n) is 2.63. The summed E-state index contributed by atoms with van der Waals surface area (Å²) < 4.78 is 16.7. The summed E-state index contributed by atoms with van der Waals surface area (Å²) in [6.07, 6.45) is 1.77. The Labute approximate surface area is 126 Å². The molecule has 114 valence electrons. The van der Waals surface area contributed by atoms with Gasteiger partial charge in [0.1, 0.15) is 11.6 Å². The van der Waals surface area contributed by atoms with Gasteiger partial charge < -0.3 is 19.0 Å². The predicted molar refractivity (Wildman–Crippen MR) is 78.4 cm³/mol. The van der Waals surface area contributed by atoms with Crippen molar-refractivity contribution in [3.05, 3.63) is 36.0 Å². The lowest BCUT2D eigenvalue weighted by atomic mass is 10.2. The van der Waals surface area contributed by atoms with E-state index >= 15 is 0 Å². The van der Waals surface area contributed by atoms with Crippen molar-refractivity contribution in [3.8, 4) is 0 Å². The molecule has 7 heteroatoms. The highest BCUT2D eigenvalue weighted by Crippen LogP contribution is 2.31. The van der Waals surface area contributed by atoms with Crippen molar-refractivity contribution in [2.45, 2.75) is 32.0 Å². The van der Waals surface area contributed by atoms with Gasteiger partial charge in [0.15, 0.2) is 11.4 Å². The molecule has 22 heavy (non-hydrogen) atoms. The predicted octanol–water partition coefficient (Wildman–Crippen LogP) is 2.85. The van der Waals surface area contributed by atoms with Gasteiger partial charge in [0, 0.05) is 6.54 Å². The molecule has 1 N–H and O–H groups in total. The highest BCUT2D eigenvalue weighted by Gasteiger charge is 2.30. The zero-order chi connectivity index (χ0) is 14.9. The third-order valence-corrected chi connectivity index (χ3v) is 3.70. The number of benzene rings is 1. The van der Waals surface area contributed by atoms with Gasteiger partial charge in [-0.2, -0.15) is 9.97 Å². The fraction of sp³-hybridized carbons (Fsp3) is 0.400. The highest BCUT2D eigenvalue weighted by atomic mass is 16.5. The SMILES string of the molecule is Cc1noc([C@@H]2CC[C@H](CNc3nc4ccccc4o3)O2)n1. The van der Waals surface area contributed by atoms with E-state index in [1.54, 1.807) is 6.92 Å². The summed E-state index contributed by atoms with van der Waals surface area (Å²) >= 11 is 0. The summed E-state index contributed by atoms with van der Waals surface area (Å²) in [5.41, 5.74) is 1.62. The molecule has 1 aliphatic rings. The quantitative estimate of drug-likeness (QED) is 0.792. The normalized spacial score (nSPS) is 21.5. The molecule has 1 aromatic carbocycles. The zero-order valence-electron chi connectivity index (χ0n) is 12.2. The van der Waals surface area contributed by atoms with Crippen LogP contribution in [0.1, 0.15) is 30.7 Å². The smallest absolute Gasteiger partial charge is 0.295 e. The molecule has 0 saturated carbocycles. The lowest BCUT2D eigenvalue weighted by Gasteiger charge is -2.11. The van der Waals surface area contributed by atoms with Crippen molar-refractivity contribution in [1.29, 1.82) is 0 Å². The average Bonchev–Trinajstić information content (AvgIpc) is 3.23. The van der Waals surface area contributed by atoms with Crippen LogP contribution in [0.5, 0.6) is 0 Å². The zero-order valence-corrected chi connectivity index (χ0v) is 12.2. The van der Waals surface area contributed by atoms with E-state index in [-0.39, 0.29) is 12.2 Å². The number of oxazole rings is 1.